The van der Waals surface area contributed by atoms with Gasteiger partial charge in [-0.2, -0.15) is 0 Å². The number of hydrogen-bond acceptors (Lipinski definition) is 3. The van der Waals surface area contributed by atoms with Gasteiger partial charge in [0.15, 0.2) is 0 Å². The number of benzene rings is 2. The quantitative estimate of drug-likeness (QED) is 0.593. The van der Waals surface area contributed by atoms with Crippen molar-refractivity contribution in [1.82, 2.24) is 0 Å². The zero-order valence-corrected chi connectivity index (χ0v) is 12.9. The molecule has 0 saturated carbocycles. The van der Waals surface area contributed by atoms with E-state index in [1.54, 1.807) is 13.0 Å². The molecule has 3 heteroatoms. The zero-order chi connectivity index (χ0) is 15.8. The second-order valence-corrected chi connectivity index (χ2v) is 4.87. The number of esters is 1. The first-order valence-electron chi connectivity index (χ1n) is 7.31. The second kappa shape index (κ2) is 8.03. The first kappa shape index (κ1) is 15.8. The molecule has 0 bridgehead atoms. The molecule has 0 aliphatic rings. The van der Waals surface area contributed by atoms with E-state index in [9.17, 15) is 4.79 Å². The molecule has 0 fully saturated rings. The number of hydrogen-bond donors (Lipinski definition) is 0. The summed E-state index contributed by atoms with van der Waals surface area (Å²) in [5, 5.41) is 0. The van der Waals surface area contributed by atoms with Gasteiger partial charge in [-0.05, 0) is 48.7 Å². The Hall–Kier alpha value is -2.55. The topological polar surface area (TPSA) is 35.5 Å². The van der Waals surface area contributed by atoms with Crippen LogP contribution in [-0.2, 0) is 16.1 Å². The summed E-state index contributed by atoms with van der Waals surface area (Å²) in [6.45, 7) is 4.79. The van der Waals surface area contributed by atoms with Crippen LogP contribution in [0.5, 0.6) is 5.75 Å². The molecule has 0 amide bonds. The van der Waals surface area contributed by atoms with Crippen LogP contribution in [-0.4, -0.2) is 12.6 Å². The van der Waals surface area contributed by atoms with Crippen LogP contribution in [0.2, 0.25) is 0 Å². The summed E-state index contributed by atoms with van der Waals surface area (Å²) in [5.41, 5.74) is 3.32. The standard InChI is InChI=1S/C19H20O3/c1-3-21-19(20)13-10-16-8-11-18(12-9-16)22-14-17-7-5-4-6-15(17)2/h4-13H,3,14H2,1-2H3/b13-10+. The fourth-order valence-electron chi connectivity index (χ4n) is 1.96. The van der Waals surface area contributed by atoms with Crippen molar-refractivity contribution < 1.29 is 14.3 Å². The molecule has 22 heavy (non-hydrogen) atoms. The number of aryl methyl sites for hydroxylation is 1. The van der Waals surface area contributed by atoms with Crippen molar-refractivity contribution in [2.45, 2.75) is 20.5 Å². The van der Waals surface area contributed by atoms with E-state index in [-0.39, 0.29) is 5.97 Å². The maximum absolute atomic E-state index is 11.2. The molecular formula is C19H20O3. The Bertz CT molecular complexity index is 642. The van der Waals surface area contributed by atoms with Gasteiger partial charge in [-0.25, -0.2) is 4.79 Å². The highest BCUT2D eigenvalue weighted by Gasteiger charge is 1.99. The molecule has 2 rings (SSSR count). The molecule has 0 N–H and O–H groups in total. The molecule has 0 atom stereocenters. The van der Waals surface area contributed by atoms with Crippen molar-refractivity contribution >= 4 is 12.0 Å². The fourth-order valence-corrected chi connectivity index (χ4v) is 1.96. The van der Waals surface area contributed by atoms with E-state index in [1.807, 2.05) is 36.4 Å². The number of carbonyl (C=O) groups excluding carboxylic acids is 1. The van der Waals surface area contributed by atoms with Gasteiger partial charge < -0.3 is 9.47 Å². The molecule has 0 aliphatic carbocycles. The maximum Gasteiger partial charge on any atom is 0.330 e. The van der Waals surface area contributed by atoms with Crippen molar-refractivity contribution in [2.24, 2.45) is 0 Å². The highest BCUT2D eigenvalue weighted by molar-refractivity contribution is 5.87. The molecule has 2 aromatic rings. The maximum atomic E-state index is 11.2. The lowest BCUT2D eigenvalue weighted by Crippen LogP contribution is -1.98. The van der Waals surface area contributed by atoms with Crippen LogP contribution in [0, 0.1) is 6.92 Å². The molecule has 0 spiro atoms. The van der Waals surface area contributed by atoms with Crippen molar-refractivity contribution in [3.05, 3.63) is 71.3 Å². The molecule has 0 radical (unpaired) electrons. The fraction of sp³-hybridized carbons (Fsp3) is 0.211. The largest absolute Gasteiger partial charge is 0.489 e. The van der Waals surface area contributed by atoms with E-state index in [1.165, 1.54) is 17.2 Å². The van der Waals surface area contributed by atoms with Crippen LogP contribution in [0.1, 0.15) is 23.6 Å². The Morgan fingerprint density at radius 2 is 1.82 bits per heavy atom. The summed E-state index contributed by atoms with van der Waals surface area (Å²) in [7, 11) is 0. The average molecular weight is 296 g/mol. The third kappa shape index (κ3) is 4.77. The molecule has 3 nitrogen and oxygen atoms in total. The van der Waals surface area contributed by atoms with Gasteiger partial charge in [0.05, 0.1) is 6.61 Å². The SMILES string of the molecule is CCOC(=O)/C=C/c1ccc(OCc2ccccc2C)cc1. The minimum atomic E-state index is -0.331. The molecule has 0 unspecified atom stereocenters. The van der Waals surface area contributed by atoms with Gasteiger partial charge in [0.25, 0.3) is 0 Å². The normalized spacial score (nSPS) is 10.6. The third-order valence-corrected chi connectivity index (χ3v) is 3.23. The van der Waals surface area contributed by atoms with Gasteiger partial charge in [-0.3, -0.25) is 0 Å². The Morgan fingerprint density at radius 3 is 2.50 bits per heavy atom. The molecule has 0 aliphatic heterocycles. The second-order valence-electron chi connectivity index (χ2n) is 4.87. The van der Waals surface area contributed by atoms with E-state index in [0.717, 1.165) is 11.3 Å². The molecule has 0 aromatic heterocycles. The first-order valence-corrected chi connectivity index (χ1v) is 7.31. The summed E-state index contributed by atoms with van der Waals surface area (Å²) >= 11 is 0. The average Bonchev–Trinajstić information content (AvgIpc) is 2.53. The molecule has 114 valence electrons. The predicted molar refractivity (Wildman–Crippen MR) is 87.6 cm³/mol. The highest BCUT2D eigenvalue weighted by atomic mass is 16.5. The lowest BCUT2D eigenvalue weighted by atomic mass is 10.1. The zero-order valence-electron chi connectivity index (χ0n) is 12.9. The molecule has 0 saturated heterocycles. The van der Waals surface area contributed by atoms with E-state index in [4.69, 9.17) is 9.47 Å². The lowest BCUT2D eigenvalue weighted by Gasteiger charge is -2.08. The Kier molecular flexibility index (Phi) is 5.78. The molecule has 2 aromatic carbocycles. The van der Waals surface area contributed by atoms with Crippen molar-refractivity contribution in [3.63, 3.8) is 0 Å². The van der Waals surface area contributed by atoms with Gasteiger partial charge in [0, 0.05) is 6.08 Å². The van der Waals surface area contributed by atoms with Crippen LogP contribution < -0.4 is 4.74 Å². The van der Waals surface area contributed by atoms with E-state index >= 15 is 0 Å². The van der Waals surface area contributed by atoms with E-state index < -0.39 is 0 Å². The Labute approximate surface area is 131 Å². The summed E-state index contributed by atoms with van der Waals surface area (Å²) < 4.78 is 10.6. The van der Waals surface area contributed by atoms with E-state index in [2.05, 4.69) is 19.1 Å². The molecule has 0 heterocycles. The van der Waals surface area contributed by atoms with Crippen LogP contribution in [0.3, 0.4) is 0 Å². The smallest absolute Gasteiger partial charge is 0.330 e. The van der Waals surface area contributed by atoms with E-state index in [0.29, 0.717) is 13.2 Å². The summed E-state index contributed by atoms with van der Waals surface area (Å²) in [6, 6.07) is 15.8. The first-order chi connectivity index (χ1) is 10.7. The monoisotopic (exact) mass is 296 g/mol. The minimum absolute atomic E-state index is 0.331. The summed E-state index contributed by atoms with van der Waals surface area (Å²) in [5.74, 6) is 0.471. The van der Waals surface area contributed by atoms with Gasteiger partial charge in [0.2, 0.25) is 0 Å². The lowest BCUT2D eigenvalue weighted by molar-refractivity contribution is -0.137. The Morgan fingerprint density at radius 1 is 1.09 bits per heavy atom. The number of rotatable bonds is 6. The van der Waals surface area contributed by atoms with Crippen LogP contribution in [0.25, 0.3) is 6.08 Å². The van der Waals surface area contributed by atoms with Crippen molar-refractivity contribution in [1.29, 1.82) is 0 Å². The highest BCUT2D eigenvalue weighted by Crippen LogP contribution is 2.16. The summed E-state index contributed by atoms with van der Waals surface area (Å²) in [6.07, 6.45) is 3.15. The van der Waals surface area contributed by atoms with Crippen molar-refractivity contribution in [2.75, 3.05) is 6.61 Å². The Balaban J connectivity index is 1.92. The number of ether oxygens (including phenoxy) is 2. The predicted octanol–water partition coefficient (Wildman–Crippen LogP) is 4.15. The number of carbonyl (C=O) groups is 1. The van der Waals surface area contributed by atoms with Gasteiger partial charge >= 0.3 is 5.97 Å². The van der Waals surface area contributed by atoms with Crippen LogP contribution in [0.15, 0.2) is 54.6 Å². The molecular weight excluding hydrogens is 276 g/mol. The van der Waals surface area contributed by atoms with Gasteiger partial charge in [-0.15, -0.1) is 0 Å². The minimum Gasteiger partial charge on any atom is -0.489 e. The van der Waals surface area contributed by atoms with Gasteiger partial charge in [0.1, 0.15) is 12.4 Å². The van der Waals surface area contributed by atoms with Gasteiger partial charge in [-0.1, -0.05) is 36.4 Å². The van der Waals surface area contributed by atoms with Crippen LogP contribution >= 0.6 is 0 Å². The summed E-state index contributed by atoms with van der Waals surface area (Å²) in [4.78, 5) is 11.2. The third-order valence-electron chi connectivity index (χ3n) is 3.23. The van der Waals surface area contributed by atoms with Crippen molar-refractivity contribution in [3.8, 4) is 5.75 Å². The van der Waals surface area contributed by atoms with Crippen LogP contribution in [0.4, 0.5) is 0 Å².